The van der Waals surface area contributed by atoms with Crippen LogP contribution in [-0.4, -0.2) is 16.3 Å². The maximum Gasteiger partial charge on any atom is 0.132 e. The zero-order valence-electron chi connectivity index (χ0n) is 18.1. The van der Waals surface area contributed by atoms with Crippen LogP contribution < -0.4 is 4.72 Å². The first-order valence-corrected chi connectivity index (χ1v) is 12.2. The second-order valence-corrected chi connectivity index (χ2v) is 9.30. The molecule has 2 fully saturated rings. The van der Waals surface area contributed by atoms with Crippen molar-refractivity contribution in [3.8, 4) is 11.3 Å². The first kappa shape index (κ1) is 22.3. The third kappa shape index (κ3) is 6.55. The molecule has 4 heteroatoms. The van der Waals surface area contributed by atoms with E-state index in [2.05, 4.69) is 15.8 Å². The Morgan fingerprint density at radius 1 is 1.07 bits per heavy atom. The van der Waals surface area contributed by atoms with Gasteiger partial charge in [0.2, 0.25) is 0 Å². The standard InChI is InChI=1S/C23H29FN2S.C2H6/c1-16-6-13-23(25-15-16)20-12-8-17(14-21(20)24)7-9-18-4-2-3-5-22(18)26-27-19-10-11-19;1-2/h6,8,12-15,18-19,22,26H,2-5,7,9-11H2,1H3;1-2H3/t18-,22?;/m1./s1. The number of nitrogens with one attached hydrogen (secondary N) is 1. The molecule has 29 heavy (non-hydrogen) atoms. The van der Waals surface area contributed by atoms with Gasteiger partial charge in [-0.25, -0.2) is 4.39 Å². The lowest BCUT2D eigenvalue weighted by Crippen LogP contribution is -2.35. The van der Waals surface area contributed by atoms with Crippen molar-refractivity contribution in [1.29, 1.82) is 0 Å². The third-order valence-corrected chi connectivity index (χ3v) is 7.09. The Bertz CT molecular complexity index is 758. The minimum Gasteiger partial charge on any atom is -0.261 e. The molecule has 2 aromatic rings. The summed E-state index contributed by atoms with van der Waals surface area (Å²) in [5.41, 5.74) is 3.49. The minimum absolute atomic E-state index is 0.161. The highest BCUT2D eigenvalue weighted by molar-refractivity contribution is 7.98. The van der Waals surface area contributed by atoms with Gasteiger partial charge in [0.05, 0.1) is 5.69 Å². The number of hydrogen-bond acceptors (Lipinski definition) is 3. The number of aryl methyl sites for hydroxylation is 2. The van der Waals surface area contributed by atoms with Crippen molar-refractivity contribution in [3.05, 3.63) is 53.5 Å². The molecule has 2 atom stereocenters. The van der Waals surface area contributed by atoms with Gasteiger partial charge in [0, 0.05) is 23.1 Å². The maximum atomic E-state index is 14.6. The molecule has 0 saturated heterocycles. The summed E-state index contributed by atoms with van der Waals surface area (Å²) < 4.78 is 18.4. The topological polar surface area (TPSA) is 24.9 Å². The van der Waals surface area contributed by atoms with Crippen molar-refractivity contribution in [2.24, 2.45) is 5.92 Å². The van der Waals surface area contributed by atoms with Crippen molar-refractivity contribution < 1.29 is 4.39 Å². The van der Waals surface area contributed by atoms with Gasteiger partial charge in [-0.3, -0.25) is 9.71 Å². The number of benzene rings is 1. The molecule has 1 unspecified atom stereocenters. The highest BCUT2D eigenvalue weighted by Gasteiger charge is 2.28. The van der Waals surface area contributed by atoms with Gasteiger partial charge in [0.25, 0.3) is 0 Å². The van der Waals surface area contributed by atoms with Crippen LogP contribution in [0.4, 0.5) is 4.39 Å². The Morgan fingerprint density at radius 3 is 2.55 bits per heavy atom. The summed E-state index contributed by atoms with van der Waals surface area (Å²) in [5.74, 6) is 0.554. The molecule has 2 aliphatic carbocycles. The number of pyridine rings is 1. The Balaban J connectivity index is 0.00000117. The van der Waals surface area contributed by atoms with E-state index in [1.165, 1.54) is 38.5 Å². The predicted octanol–water partition coefficient (Wildman–Crippen LogP) is 7.11. The summed E-state index contributed by atoms with van der Waals surface area (Å²) >= 11 is 1.96. The Labute approximate surface area is 180 Å². The summed E-state index contributed by atoms with van der Waals surface area (Å²) in [6.45, 7) is 5.99. The molecule has 1 heterocycles. The third-order valence-electron chi connectivity index (χ3n) is 5.84. The van der Waals surface area contributed by atoms with Crippen LogP contribution in [0, 0.1) is 18.7 Å². The molecule has 2 saturated carbocycles. The monoisotopic (exact) mass is 414 g/mol. The molecule has 1 aromatic carbocycles. The fraction of sp³-hybridized carbons (Fsp3) is 0.560. The number of halogens is 1. The number of aromatic nitrogens is 1. The summed E-state index contributed by atoms with van der Waals surface area (Å²) in [5, 5.41) is 0.851. The molecule has 1 aromatic heterocycles. The van der Waals surface area contributed by atoms with Crippen LogP contribution in [0.3, 0.4) is 0 Å². The van der Waals surface area contributed by atoms with Crippen molar-refractivity contribution >= 4 is 11.9 Å². The number of nitrogens with zero attached hydrogens (tertiary/aromatic N) is 1. The predicted molar refractivity (Wildman–Crippen MR) is 124 cm³/mol. The largest absolute Gasteiger partial charge is 0.261 e. The lowest BCUT2D eigenvalue weighted by atomic mass is 9.81. The molecule has 1 N–H and O–H groups in total. The van der Waals surface area contributed by atoms with Gasteiger partial charge < -0.3 is 0 Å². The second kappa shape index (κ2) is 11.1. The molecule has 0 amide bonds. The highest BCUT2D eigenvalue weighted by Crippen LogP contribution is 2.35. The maximum absolute atomic E-state index is 14.6. The highest BCUT2D eigenvalue weighted by atomic mass is 32.2. The molecule has 0 spiro atoms. The summed E-state index contributed by atoms with van der Waals surface area (Å²) in [6, 6.07) is 10.2. The first-order chi connectivity index (χ1) is 14.2. The molecule has 4 rings (SSSR count). The van der Waals surface area contributed by atoms with Gasteiger partial charge in [0.1, 0.15) is 5.82 Å². The van der Waals surface area contributed by atoms with E-state index in [0.29, 0.717) is 23.2 Å². The van der Waals surface area contributed by atoms with Crippen LogP contribution >= 0.6 is 11.9 Å². The normalized spacial score (nSPS) is 21.4. The molecule has 2 aliphatic rings. The fourth-order valence-corrected chi connectivity index (χ4v) is 5.03. The molecule has 2 nitrogen and oxygen atoms in total. The first-order valence-electron chi connectivity index (χ1n) is 11.3. The van der Waals surface area contributed by atoms with E-state index >= 15 is 0 Å². The van der Waals surface area contributed by atoms with Crippen molar-refractivity contribution in [2.75, 3.05) is 0 Å². The summed E-state index contributed by atoms with van der Waals surface area (Å²) in [6.07, 6.45) is 11.9. The van der Waals surface area contributed by atoms with E-state index < -0.39 is 0 Å². The van der Waals surface area contributed by atoms with Crippen LogP contribution in [0.2, 0.25) is 0 Å². The number of hydrogen-bond donors (Lipinski definition) is 1. The van der Waals surface area contributed by atoms with E-state index in [-0.39, 0.29) is 5.82 Å². The van der Waals surface area contributed by atoms with Gasteiger partial charge in [-0.05, 0) is 80.7 Å². The van der Waals surface area contributed by atoms with Crippen LogP contribution in [0.15, 0.2) is 36.5 Å². The average Bonchev–Trinajstić information content (AvgIpc) is 3.58. The number of rotatable bonds is 7. The van der Waals surface area contributed by atoms with Crippen molar-refractivity contribution in [1.82, 2.24) is 9.71 Å². The van der Waals surface area contributed by atoms with Gasteiger partial charge >= 0.3 is 0 Å². The summed E-state index contributed by atoms with van der Waals surface area (Å²) in [4.78, 5) is 4.36. The minimum atomic E-state index is -0.161. The van der Waals surface area contributed by atoms with E-state index in [9.17, 15) is 4.39 Å². The average molecular weight is 415 g/mol. The molecule has 158 valence electrons. The van der Waals surface area contributed by atoms with Crippen molar-refractivity contribution in [3.63, 3.8) is 0 Å². The molecular formula is C25H35FN2S. The summed E-state index contributed by atoms with van der Waals surface area (Å²) in [7, 11) is 0. The zero-order chi connectivity index (χ0) is 20.6. The van der Waals surface area contributed by atoms with E-state index in [4.69, 9.17) is 0 Å². The molecule has 0 bridgehead atoms. The lowest BCUT2D eigenvalue weighted by molar-refractivity contribution is 0.279. The van der Waals surface area contributed by atoms with Gasteiger partial charge in [-0.2, -0.15) is 0 Å². The van der Waals surface area contributed by atoms with Gasteiger partial charge in [-0.15, -0.1) is 0 Å². The second-order valence-electron chi connectivity index (χ2n) is 8.16. The van der Waals surface area contributed by atoms with Crippen LogP contribution in [0.1, 0.15) is 69.9 Å². The van der Waals surface area contributed by atoms with Crippen LogP contribution in [0.25, 0.3) is 11.3 Å². The lowest BCUT2D eigenvalue weighted by Gasteiger charge is -2.32. The Kier molecular flexibility index (Phi) is 8.55. The Hall–Kier alpha value is -1.39. The Morgan fingerprint density at radius 2 is 1.86 bits per heavy atom. The van der Waals surface area contributed by atoms with Gasteiger partial charge in [0.15, 0.2) is 0 Å². The van der Waals surface area contributed by atoms with E-state index in [1.54, 1.807) is 12.3 Å². The molecule has 0 aliphatic heterocycles. The molecular weight excluding hydrogens is 379 g/mol. The van der Waals surface area contributed by atoms with E-state index in [0.717, 1.165) is 29.2 Å². The van der Waals surface area contributed by atoms with Crippen molar-refractivity contribution in [2.45, 2.75) is 83.4 Å². The molecule has 0 radical (unpaired) electrons. The smallest absolute Gasteiger partial charge is 0.132 e. The fourth-order valence-electron chi connectivity index (χ4n) is 3.98. The SMILES string of the molecule is CC.Cc1ccc(-c2ccc(CC[C@H]3CCCCC3NSC3CC3)cc2F)nc1. The van der Waals surface area contributed by atoms with Gasteiger partial charge in [-0.1, -0.05) is 50.8 Å². The van der Waals surface area contributed by atoms with Crippen LogP contribution in [-0.2, 0) is 6.42 Å². The zero-order valence-corrected chi connectivity index (χ0v) is 18.9. The van der Waals surface area contributed by atoms with E-state index in [1.807, 2.05) is 50.9 Å². The quantitative estimate of drug-likeness (QED) is 0.488. The van der Waals surface area contributed by atoms with Crippen LogP contribution in [0.5, 0.6) is 0 Å².